The first-order valence-electron chi connectivity index (χ1n) is 6.60. The summed E-state index contributed by atoms with van der Waals surface area (Å²) in [6.45, 7) is 0. The highest BCUT2D eigenvalue weighted by Crippen LogP contribution is 2.36. The molecule has 24 heavy (non-hydrogen) atoms. The maximum absolute atomic E-state index is 13.6. The SMILES string of the molecule is Nc1oc2c([N+](=O)[O-])cc(F)cc2c(=O)c1C1NC(C(=O)O)CS1. The number of carboxylic acids is 1. The maximum Gasteiger partial charge on any atom is 0.321 e. The predicted molar refractivity (Wildman–Crippen MR) is 83.3 cm³/mol. The number of nitrogens with one attached hydrogen (secondary N) is 1. The average Bonchev–Trinajstić information content (AvgIpc) is 2.97. The van der Waals surface area contributed by atoms with Crippen molar-refractivity contribution >= 4 is 40.3 Å². The van der Waals surface area contributed by atoms with Gasteiger partial charge in [-0.15, -0.1) is 11.8 Å². The summed E-state index contributed by atoms with van der Waals surface area (Å²) in [5.41, 5.74) is 3.74. The quantitative estimate of drug-likeness (QED) is 0.545. The number of anilines is 1. The van der Waals surface area contributed by atoms with Gasteiger partial charge in [0.05, 0.1) is 27.3 Å². The Balaban J connectivity index is 2.20. The van der Waals surface area contributed by atoms with Crippen LogP contribution in [0.5, 0.6) is 0 Å². The van der Waals surface area contributed by atoms with Crippen LogP contribution in [0.3, 0.4) is 0 Å². The van der Waals surface area contributed by atoms with Gasteiger partial charge in [0.2, 0.25) is 16.9 Å². The van der Waals surface area contributed by atoms with Gasteiger partial charge in [0, 0.05) is 5.75 Å². The zero-order valence-corrected chi connectivity index (χ0v) is 12.6. The summed E-state index contributed by atoms with van der Waals surface area (Å²) in [6, 6.07) is 0.579. The highest BCUT2D eigenvalue weighted by atomic mass is 32.2. The standard InChI is InChI=1S/C13H10FN3O6S/c14-4-1-5-9(18)8(12-16-6(3-24-12)13(19)20)11(15)23-10(5)7(2-4)17(21)22/h1-2,6,12,16H,3,15H2,(H,19,20). The highest BCUT2D eigenvalue weighted by molar-refractivity contribution is 7.99. The summed E-state index contributed by atoms with van der Waals surface area (Å²) in [6.07, 6.45) is 0. The Hall–Kier alpha value is -2.66. The molecule has 1 aromatic carbocycles. The number of hydrogen-bond acceptors (Lipinski definition) is 8. The van der Waals surface area contributed by atoms with E-state index < -0.39 is 44.8 Å². The van der Waals surface area contributed by atoms with Crippen molar-refractivity contribution in [3.63, 3.8) is 0 Å². The smallest absolute Gasteiger partial charge is 0.321 e. The Bertz CT molecular complexity index is 930. The number of halogens is 1. The lowest BCUT2D eigenvalue weighted by Crippen LogP contribution is -2.35. The van der Waals surface area contributed by atoms with E-state index >= 15 is 0 Å². The predicted octanol–water partition coefficient (Wildman–Crippen LogP) is 1.21. The van der Waals surface area contributed by atoms with E-state index in [4.69, 9.17) is 15.3 Å². The van der Waals surface area contributed by atoms with Gasteiger partial charge in [-0.1, -0.05) is 0 Å². The van der Waals surface area contributed by atoms with E-state index in [1.807, 2.05) is 0 Å². The highest BCUT2D eigenvalue weighted by Gasteiger charge is 2.34. The van der Waals surface area contributed by atoms with E-state index in [0.29, 0.717) is 6.07 Å². The second-order valence-electron chi connectivity index (χ2n) is 5.04. The lowest BCUT2D eigenvalue weighted by Gasteiger charge is -2.13. The number of nitro groups is 1. The molecule has 2 atom stereocenters. The number of nitro benzene ring substituents is 1. The van der Waals surface area contributed by atoms with Gasteiger partial charge < -0.3 is 15.3 Å². The van der Waals surface area contributed by atoms with Crippen LogP contribution < -0.4 is 16.5 Å². The van der Waals surface area contributed by atoms with Gasteiger partial charge >= 0.3 is 11.7 Å². The molecule has 1 saturated heterocycles. The first-order valence-corrected chi connectivity index (χ1v) is 7.65. The van der Waals surface area contributed by atoms with Crippen molar-refractivity contribution in [2.45, 2.75) is 11.4 Å². The number of carboxylic acid groups (broad SMARTS) is 1. The third-order valence-electron chi connectivity index (χ3n) is 3.54. The number of nitrogen functional groups attached to an aromatic ring is 1. The molecule has 0 bridgehead atoms. The van der Waals surface area contributed by atoms with Gasteiger partial charge in [0.25, 0.3) is 0 Å². The molecule has 126 valence electrons. The molecule has 0 aliphatic carbocycles. The second kappa shape index (κ2) is 5.76. The zero-order chi connectivity index (χ0) is 17.6. The molecule has 2 aromatic rings. The van der Waals surface area contributed by atoms with Crippen LogP contribution in [0.4, 0.5) is 16.0 Å². The van der Waals surface area contributed by atoms with E-state index in [0.717, 1.165) is 17.8 Å². The number of non-ortho nitro benzene ring substituents is 1. The number of aliphatic carboxylic acids is 1. The molecule has 3 rings (SSSR count). The first-order chi connectivity index (χ1) is 11.3. The molecule has 11 heteroatoms. The van der Waals surface area contributed by atoms with Crippen molar-refractivity contribution in [1.82, 2.24) is 5.32 Å². The number of nitrogens with zero attached hydrogens (tertiary/aromatic N) is 1. The summed E-state index contributed by atoms with van der Waals surface area (Å²) < 4.78 is 18.8. The third-order valence-corrected chi connectivity index (χ3v) is 4.77. The molecule has 1 aromatic heterocycles. The normalized spacial score (nSPS) is 20.4. The monoisotopic (exact) mass is 355 g/mol. The summed E-state index contributed by atoms with van der Waals surface area (Å²) >= 11 is 1.12. The molecule has 0 amide bonds. The minimum Gasteiger partial charge on any atom is -0.480 e. The second-order valence-corrected chi connectivity index (χ2v) is 6.18. The Morgan fingerprint density at radius 1 is 1.54 bits per heavy atom. The van der Waals surface area contributed by atoms with Gasteiger partial charge in [-0.25, -0.2) is 4.39 Å². The van der Waals surface area contributed by atoms with E-state index in [9.17, 15) is 24.1 Å². The van der Waals surface area contributed by atoms with Crippen LogP contribution in [-0.4, -0.2) is 27.8 Å². The third kappa shape index (κ3) is 2.57. The van der Waals surface area contributed by atoms with Crippen LogP contribution in [0, 0.1) is 15.9 Å². The van der Waals surface area contributed by atoms with Gasteiger partial charge in [-0.2, -0.15) is 0 Å². The van der Waals surface area contributed by atoms with Crippen molar-refractivity contribution in [3.8, 4) is 0 Å². The number of hydrogen-bond donors (Lipinski definition) is 3. The van der Waals surface area contributed by atoms with Crippen LogP contribution >= 0.6 is 11.8 Å². The zero-order valence-electron chi connectivity index (χ0n) is 11.8. The lowest BCUT2D eigenvalue weighted by molar-refractivity contribution is -0.383. The van der Waals surface area contributed by atoms with E-state index in [1.54, 1.807) is 0 Å². The van der Waals surface area contributed by atoms with E-state index in [-0.39, 0.29) is 22.6 Å². The molecule has 2 unspecified atom stereocenters. The first kappa shape index (κ1) is 16.2. The summed E-state index contributed by atoms with van der Waals surface area (Å²) in [5, 5.41) is 21.6. The number of fused-ring (bicyclic) bond motifs is 1. The van der Waals surface area contributed by atoms with Crippen molar-refractivity contribution in [2.75, 3.05) is 11.5 Å². The fourth-order valence-corrected chi connectivity index (χ4v) is 3.72. The largest absolute Gasteiger partial charge is 0.480 e. The fourth-order valence-electron chi connectivity index (χ4n) is 2.44. The Morgan fingerprint density at radius 3 is 2.83 bits per heavy atom. The van der Waals surface area contributed by atoms with E-state index in [1.165, 1.54) is 0 Å². The number of nitrogens with two attached hydrogens (primary N) is 1. The summed E-state index contributed by atoms with van der Waals surface area (Å²) in [7, 11) is 0. The number of carbonyl (C=O) groups is 1. The van der Waals surface area contributed by atoms with Gasteiger partial charge in [-0.3, -0.25) is 25.0 Å². The van der Waals surface area contributed by atoms with Gasteiger partial charge in [0.15, 0.2) is 0 Å². The molecule has 0 saturated carbocycles. The van der Waals surface area contributed by atoms with Gasteiger partial charge in [-0.05, 0) is 6.07 Å². The number of rotatable bonds is 3. The minimum absolute atomic E-state index is 0.0869. The molecule has 0 spiro atoms. The molecule has 2 heterocycles. The average molecular weight is 355 g/mol. The van der Waals surface area contributed by atoms with Crippen LogP contribution in [0.15, 0.2) is 21.3 Å². The van der Waals surface area contributed by atoms with Crippen LogP contribution in [0.1, 0.15) is 10.9 Å². The van der Waals surface area contributed by atoms with E-state index in [2.05, 4.69) is 5.32 Å². The molecular formula is C13H10FN3O6S. The molecular weight excluding hydrogens is 345 g/mol. The van der Waals surface area contributed by atoms with Crippen molar-refractivity contribution < 1.29 is 23.6 Å². The fraction of sp³-hybridized carbons (Fsp3) is 0.231. The van der Waals surface area contributed by atoms with Gasteiger partial charge in [0.1, 0.15) is 11.9 Å². The summed E-state index contributed by atoms with van der Waals surface area (Å²) in [4.78, 5) is 33.7. The molecule has 1 fully saturated rings. The number of thioether (sulfide) groups is 1. The number of benzene rings is 1. The maximum atomic E-state index is 13.6. The Morgan fingerprint density at radius 2 is 2.25 bits per heavy atom. The molecule has 0 radical (unpaired) electrons. The Labute approximate surface area is 136 Å². The molecule has 9 nitrogen and oxygen atoms in total. The minimum atomic E-state index is -1.09. The molecule has 1 aliphatic rings. The Kier molecular flexibility index (Phi) is 3.89. The van der Waals surface area contributed by atoms with Crippen molar-refractivity contribution in [2.24, 2.45) is 0 Å². The molecule has 4 N–H and O–H groups in total. The van der Waals surface area contributed by atoms with Crippen molar-refractivity contribution in [1.29, 1.82) is 0 Å². The van der Waals surface area contributed by atoms with Crippen LogP contribution in [0.2, 0.25) is 0 Å². The van der Waals surface area contributed by atoms with Crippen LogP contribution in [0.25, 0.3) is 11.0 Å². The van der Waals surface area contributed by atoms with Crippen LogP contribution in [-0.2, 0) is 4.79 Å². The summed E-state index contributed by atoms with van der Waals surface area (Å²) in [5.74, 6) is -2.23. The lowest BCUT2D eigenvalue weighted by atomic mass is 10.1. The van der Waals surface area contributed by atoms with Crippen molar-refractivity contribution in [3.05, 3.63) is 43.9 Å². The topological polar surface area (TPSA) is 149 Å². The molecule has 1 aliphatic heterocycles.